The maximum Gasteiger partial charge on any atom is 0.244 e. The number of hydrogen-bond acceptors (Lipinski definition) is 3. The Hall–Kier alpha value is -1.65. The largest absolute Gasteiger partial charge is 0.388 e. The Labute approximate surface area is 119 Å². The second kappa shape index (κ2) is 6.68. The van der Waals surface area contributed by atoms with Crippen molar-refractivity contribution in [2.75, 3.05) is 19.8 Å². The van der Waals surface area contributed by atoms with Gasteiger partial charge in [-0.3, -0.25) is 4.79 Å². The van der Waals surface area contributed by atoms with Crippen molar-refractivity contribution in [1.82, 2.24) is 5.32 Å². The van der Waals surface area contributed by atoms with Gasteiger partial charge in [0, 0.05) is 38.7 Å². The zero-order valence-electron chi connectivity index (χ0n) is 11.8. The van der Waals surface area contributed by atoms with Crippen LogP contribution in [0.15, 0.2) is 30.3 Å². The molecule has 1 aromatic rings. The lowest BCUT2D eigenvalue weighted by Crippen LogP contribution is -2.46. The molecule has 0 unspecified atom stereocenters. The fourth-order valence-corrected chi connectivity index (χ4v) is 2.18. The number of hydrogen-bond donors (Lipinski definition) is 2. The van der Waals surface area contributed by atoms with Crippen molar-refractivity contribution >= 4 is 12.0 Å². The molecule has 20 heavy (non-hydrogen) atoms. The molecule has 0 spiro atoms. The van der Waals surface area contributed by atoms with E-state index in [1.165, 1.54) is 6.08 Å². The lowest BCUT2D eigenvalue weighted by Gasteiger charge is -2.31. The van der Waals surface area contributed by atoms with E-state index in [9.17, 15) is 9.90 Å². The van der Waals surface area contributed by atoms with Crippen molar-refractivity contribution in [2.45, 2.75) is 25.4 Å². The van der Waals surface area contributed by atoms with Crippen molar-refractivity contribution in [3.05, 3.63) is 41.5 Å². The predicted molar refractivity (Wildman–Crippen MR) is 78.2 cm³/mol. The third kappa shape index (κ3) is 4.47. The Kier molecular flexibility index (Phi) is 4.93. The van der Waals surface area contributed by atoms with Gasteiger partial charge in [0.1, 0.15) is 0 Å². The predicted octanol–water partition coefficient (Wildman–Crippen LogP) is 1.67. The Morgan fingerprint density at radius 1 is 1.45 bits per heavy atom. The highest BCUT2D eigenvalue weighted by Crippen LogP contribution is 2.19. The molecule has 2 N–H and O–H groups in total. The number of aryl methyl sites for hydroxylation is 1. The molecule has 0 radical (unpaired) electrons. The molecule has 1 heterocycles. The van der Waals surface area contributed by atoms with Gasteiger partial charge in [-0.25, -0.2) is 0 Å². The van der Waals surface area contributed by atoms with Crippen LogP contribution in [0.25, 0.3) is 6.08 Å². The van der Waals surface area contributed by atoms with Gasteiger partial charge in [-0.1, -0.05) is 29.8 Å². The van der Waals surface area contributed by atoms with Gasteiger partial charge in [-0.05, 0) is 18.6 Å². The number of nitrogens with one attached hydrogen (secondary N) is 1. The first-order valence-electron chi connectivity index (χ1n) is 6.90. The summed E-state index contributed by atoms with van der Waals surface area (Å²) in [7, 11) is 0. The average molecular weight is 275 g/mol. The summed E-state index contributed by atoms with van der Waals surface area (Å²) in [5.41, 5.74) is 1.32. The summed E-state index contributed by atoms with van der Waals surface area (Å²) in [5.74, 6) is -0.188. The summed E-state index contributed by atoms with van der Waals surface area (Å²) in [6, 6.07) is 7.92. The van der Waals surface area contributed by atoms with Gasteiger partial charge < -0.3 is 15.2 Å². The van der Waals surface area contributed by atoms with E-state index in [1.807, 2.05) is 31.2 Å². The number of rotatable bonds is 4. The molecule has 1 saturated heterocycles. The Morgan fingerprint density at radius 2 is 2.20 bits per heavy atom. The lowest BCUT2D eigenvalue weighted by atomic mass is 9.94. The highest BCUT2D eigenvalue weighted by atomic mass is 16.5. The van der Waals surface area contributed by atoms with Gasteiger partial charge in [0.25, 0.3) is 0 Å². The first-order valence-corrected chi connectivity index (χ1v) is 6.90. The second-order valence-corrected chi connectivity index (χ2v) is 5.30. The third-order valence-electron chi connectivity index (χ3n) is 3.48. The van der Waals surface area contributed by atoms with Crippen LogP contribution in [-0.4, -0.2) is 36.4 Å². The van der Waals surface area contributed by atoms with Crippen LogP contribution in [0.5, 0.6) is 0 Å². The summed E-state index contributed by atoms with van der Waals surface area (Å²) in [4.78, 5) is 11.7. The summed E-state index contributed by atoms with van der Waals surface area (Å²) in [5, 5.41) is 13.0. The van der Waals surface area contributed by atoms with E-state index in [1.54, 1.807) is 6.08 Å². The summed E-state index contributed by atoms with van der Waals surface area (Å²) in [6.45, 7) is 3.38. The number of ether oxygens (including phenoxy) is 1. The normalized spacial score (nSPS) is 18.1. The van der Waals surface area contributed by atoms with E-state index in [-0.39, 0.29) is 12.5 Å². The highest BCUT2D eigenvalue weighted by molar-refractivity contribution is 5.91. The molecule has 1 fully saturated rings. The molecular formula is C16H21NO3. The monoisotopic (exact) mass is 275 g/mol. The van der Waals surface area contributed by atoms with Crippen LogP contribution in [-0.2, 0) is 9.53 Å². The summed E-state index contributed by atoms with van der Waals surface area (Å²) < 4.78 is 5.20. The number of carbonyl (C=O) groups is 1. The maximum absolute atomic E-state index is 11.7. The Bertz CT molecular complexity index is 490. The van der Waals surface area contributed by atoms with Crippen molar-refractivity contribution in [3.63, 3.8) is 0 Å². The van der Waals surface area contributed by atoms with E-state index < -0.39 is 5.60 Å². The Morgan fingerprint density at radius 3 is 2.90 bits per heavy atom. The number of benzene rings is 1. The topological polar surface area (TPSA) is 58.6 Å². The van der Waals surface area contributed by atoms with Crippen LogP contribution in [0.3, 0.4) is 0 Å². The SMILES string of the molecule is Cc1cccc(/C=C/C(=O)NCC2(O)CCOCC2)c1. The maximum atomic E-state index is 11.7. The fraction of sp³-hybridized carbons (Fsp3) is 0.438. The molecule has 0 aliphatic carbocycles. The minimum atomic E-state index is -0.828. The Balaban J connectivity index is 1.83. The van der Waals surface area contributed by atoms with E-state index in [0.29, 0.717) is 26.1 Å². The number of aliphatic hydroxyl groups is 1. The quantitative estimate of drug-likeness (QED) is 0.822. The van der Waals surface area contributed by atoms with Gasteiger partial charge in [-0.2, -0.15) is 0 Å². The molecule has 0 saturated carbocycles. The molecular weight excluding hydrogens is 254 g/mol. The van der Waals surface area contributed by atoms with Crippen molar-refractivity contribution < 1.29 is 14.6 Å². The molecule has 1 amide bonds. The second-order valence-electron chi connectivity index (χ2n) is 5.30. The van der Waals surface area contributed by atoms with Gasteiger partial charge >= 0.3 is 0 Å². The van der Waals surface area contributed by atoms with Gasteiger partial charge in [-0.15, -0.1) is 0 Å². The third-order valence-corrected chi connectivity index (χ3v) is 3.48. The van der Waals surface area contributed by atoms with Crippen LogP contribution < -0.4 is 5.32 Å². The van der Waals surface area contributed by atoms with Crippen LogP contribution in [0, 0.1) is 6.92 Å². The van der Waals surface area contributed by atoms with Crippen LogP contribution in [0.4, 0.5) is 0 Å². The molecule has 0 aromatic heterocycles. The van der Waals surface area contributed by atoms with E-state index in [2.05, 4.69) is 5.32 Å². The lowest BCUT2D eigenvalue weighted by molar-refractivity contribution is -0.119. The highest BCUT2D eigenvalue weighted by Gasteiger charge is 2.29. The molecule has 1 aliphatic rings. The van der Waals surface area contributed by atoms with Crippen LogP contribution in [0.1, 0.15) is 24.0 Å². The minimum absolute atomic E-state index is 0.188. The van der Waals surface area contributed by atoms with Crippen molar-refractivity contribution in [2.24, 2.45) is 0 Å². The van der Waals surface area contributed by atoms with E-state index in [0.717, 1.165) is 11.1 Å². The van der Waals surface area contributed by atoms with Crippen molar-refractivity contribution in [3.8, 4) is 0 Å². The molecule has 0 bridgehead atoms. The summed E-state index contributed by atoms with van der Waals surface area (Å²) >= 11 is 0. The smallest absolute Gasteiger partial charge is 0.244 e. The van der Waals surface area contributed by atoms with Gasteiger partial charge in [0.05, 0.1) is 5.60 Å². The van der Waals surface area contributed by atoms with Crippen LogP contribution in [0.2, 0.25) is 0 Å². The van der Waals surface area contributed by atoms with E-state index >= 15 is 0 Å². The number of carbonyl (C=O) groups excluding carboxylic acids is 1. The first kappa shape index (κ1) is 14.8. The molecule has 0 atom stereocenters. The fourth-order valence-electron chi connectivity index (χ4n) is 2.18. The number of amides is 1. The standard InChI is InChI=1S/C16H21NO3/c1-13-3-2-4-14(11-13)5-6-15(18)17-12-16(19)7-9-20-10-8-16/h2-6,11,19H,7-10,12H2,1H3,(H,17,18)/b6-5+. The molecule has 1 aromatic carbocycles. The molecule has 1 aliphatic heterocycles. The first-order chi connectivity index (χ1) is 9.57. The van der Waals surface area contributed by atoms with Gasteiger partial charge in [0.2, 0.25) is 5.91 Å². The summed E-state index contributed by atoms with van der Waals surface area (Å²) in [6.07, 6.45) is 4.40. The van der Waals surface area contributed by atoms with E-state index in [4.69, 9.17) is 4.74 Å². The minimum Gasteiger partial charge on any atom is -0.388 e. The zero-order valence-corrected chi connectivity index (χ0v) is 11.8. The van der Waals surface area contributed by atoms with Crippen LogP contribution >= 0.6 is 0 Å². The zero-order chi connectivity index (χ0) is 14.4. The molecule has 4 nitrogen and oxygen atoms in total. The molecule has 108 valence electrons. The average Bonchev–Trinajstić information content (AvgIpc) is 2.44. The van der Waals surface area contributed by atoms with Crippen molar-refractivity contribution in [1.29, 1.82) is 0 Å². The van der Waals surface area contributed by atoms with Gasteiger partial charge in [0.15, 0.2) is 0 Å². The molecule has 4 heteroatoms. The molecule has 2 rings (SSSR count).